The van der Waals surface area contributed by atoms with Crippen LogP contribution in [0.5, 0.6) is 0 Å². The molecule has 0 saturated carbocycles. The second kappa shape index (κ2) is 8.87. The van der Waals surface area contributed by atoms with Crippen LogP contribution >= 0.6 is 0 Å². The second-order valence-corrected chi connectivity index (χ2v) is 5.92. The number of aliphatic hydroxyl groups excluding tert-OH is 1. The zero-order valence-corrected chi connectivity index (χ0v) is 13.9. The predicted octanol–water partition coefficient (Wildman–Crippen LogP) is 3.23. The van der Waals surface area contributed by atoms with E-state index in [4.69, 9.17) is 4.74 Å². The van der Waals surface area contributed by atoms with Crippen molar-refractivity contribution in [2.75, 3.05) is 13.7 Å². The summed E-state index contributed by atoms with van der Waals surface area (Å²) in [4.78, 5) is 0. The van der Waals surface area contributed by atoms with E-state index in [0.29, 0.717) is 12.2 Å². The van der Waals surface area contributed by atoms with E-state index in [1.54, 1.807) is 14.0 Å². The van der Waals surface area contributed by atoms with Gasteiger partial charge in [0.2, 0.25) is 0 Å². The minimum absolute atomic E-state index is 0.00709. The first kappa shape index (κ1) is 18.5. The van der Waals surface area contributed by atoms with Gasteiger partial charge in [-0.15, -0.1) is 0 Å². The Bertz CT molecular complexity index is 637. The molecule has 5 heteroatoms. The molecule has 0 heterocycles. The van der Waals surface area contributed by atoms with Gasteiger partial charge >= 0.3 is 0 Å². The number of nitrogens with one attached hydrogen (secondary N) is 1. The molecule has 0 saturated heterocycles. The minimum Gasteiger partial charge on any atom is -0.387 e. The molecule has 130 valence electrons. The fourth-order valence-electron chi connectivity index (χ4n) is 2.71. The molecule has 0 amide bonds. The van der Waals surface area contributed by atoms with Crippen LogP contribution in [-0.2, 0) is 11.2 Å². The van der Waals surface area contributed by atoms with E-state index >= 15 is 0 Å². The van der Waals surface area contributed by atoms with Crippen LogP contribution in [0, 0.1) is 11.6 Å². The number of hydrogen-bond acceptors (Lipinski definition) is 3. The van der Waals surface area contributed by atoms with Crippen molar-refractivity contribution < 1.29 is 18.6 Å². The first-order valence-corrected chi connectivity index (χ1v) is 7.93. The van der Waals surface area contributed by atoms with E-state index in [0.717, 1.165) is 24.1 Å². The zero-order valence-electron chi connectivity index (χ0n) is 13.9. The minimum atomic E-state index is -0.962. The summed E-state index contributed by atoms with van der Waals surface area (Å²) >= 11 is 0. The van der Waals surface area contributed by atoms with E-state index in [1.807, 2.05) is 30.3 Å². The number of aliphatic hydroxyl groups is 1. The molecule has 0 bridgehead atoms. The topological polar surface area (TPSA) is 41.5 Å². The lowest BCUT2D eigenvalue weighted by Gasteiger charge is -2.26. The Morgan fingerprint density at radius 2 is 1.79 bits per heavy atom. The third-order valence-electron chi connectivity index (χ3n) is 3.95. The van der Waals surface area contributed by atoms with E-state index in [-0.39, 0.29) is 12.1 Å². The Morgan fingerprint density at radius 3 is 2.42 bits per heavy atom. The summed E-state index contributed by atoms with van der Waals surface area (Å²) in [5.41, 5.74) is 1.49. The molecule has 0 aliphatic heterocycles. The highest BCUT2D eigenvalue weighted by Gasteiger charge is 2.21. The number of methoxy groups -OCH3 is 1. The summed E-state index contributed by atoms with van der Waals surface area (Å²) in [6.07, 6.45) is -0.209. The van der Waals surface area contributed by atoms with Gasteiger partial charge in [0.05, 0.1) is 12.7 Å². The Morgan fingerprint density at radius 1 is 1.08 bits per heavy atom. The van der Waals surface area contributed by atoms with E-state index in [1.165, 1.54) is 6.07 Å². The van der Waals surface area contributed by atoms with Crippen LogP contribution in [0.25, 0.3) is 0 Å². The smallest absolute Gasteiger partial charge is 0.159 e. The Balaban J connectivity index is 2.03. The van der Waals surface area contributed by atoms with Crippen molar-refractivity contribution in [2.24, 2.45) is 0 Å². The van der Waals surface area contributed by atoms with Crippen LogP contribution in [0.3, 0.4) is 0 Å². The SMILES string of the molecule is COCC(Cc1ccccc1)NC(C)C(O)c1ccc(F)c(F)c1. The molecule has 2 rings (SSSR count). The molecule has 0 spiro atoms. The van der Waals surface area contributed by atoms with Gasteiger partial charge in [-0.3, -0.25) is 0 Å². The first-order chi connectivity index (χ1) is 11.5. The summed E-state index contributed by atoms with van der Waals surface area (Å²) < 4.78 is 31.6. The maximum absolute atomic E-state index is 13.3. The molecule has 3 nitrogen and oxygen atoms in total. The average molecular weight is 335 g/mol. The van der Waals surface area contributed by atoms with Crippen LogP contribution in [0.15, 0.2) is 48.5 Å². The molecule has 3 atom stereocenters. The van der Waals surface area contributed by atoms with Crippen LogP contribution < -0.4 is 5.32 Å². The summed E-state index contributed by atoms with van der Waals surface area (Å²) in [7, 11) is 1.62. The fourth-order valence-corrected chi connectivity index (χ4v) is 2.71. The fraction of sp³-hybridized carbons (Fsp3) is 0.368. The standard InChI is InChI=1S/C19H23F2NO2/c1-13(19(23)15-8-9-17(20)18(21)11-15)22-16(12-24-2)10-14-6-4-3-5-7-14/h3-9,11,13,16,19,22-23H,10,12H2,1-2H3. The van der Waals surface area contributed by atoms with Crippen molar-refractivity contribution in [3.05, 3.63) is 71.3 Å². The Kier molecular flexibility index (Phi) is 6.85. The molecular weight excluding hydrogens is 312 g/mol. The Hall–Kier alpha value is -1.82. The number of hydrogen-bond donors (Lipinski definition) is 2. The summed E-state index contributed by atoms with van der Waals surface area (Å²) in [5.74, 6) is -1.88. The number of rotatable bonds is 8. The van der Waals surface area contributed by atoms with E-state index in [2.05, 4.69) is 5.32 Å². The van der Waals surface area contributed by atoms with Gasteiger partial charge in [0.1, 0.15) is 0 Å². The van der Waals surface area contributed by atoms with Crippen molar-refractivity contribution in [3.8, 4) is 0 Å². The third kappa shape index (κ3) is 5.09. The second-order valence-electron chi connectivity index (χ2n) is 5.92. The first-order valence-electron chi connectivity index (χ1n) is 7.93. The Labute approximate surface area is 141 Å². The van der Waals surface area contributed by atoms with Crippen molar-refractivity contribution in [1.29, 1.82) is 0 Å². The molecule has 24 heavy (non-hydrogen) atoms. The van der Waals surface area contributed by atoms with Gasteiger partial charge in [-0.05, 0) is 36.6 Å². The van der Waals surface area contributed by atoms with Crippen molar-refractivity contribution in [2.45, 2.75) is 31.5 Å². The highest BCUT2D eigenvalue weighted by Crippen LogP contribution is 2.20. The largest absolute Gasteiger partial charge is 0.387 e. The molecule has 2 aromatic carbocycles. The van der Waals surface area contributed by atoms with Crippen molar-refractivity contribution in [3.63, 3.8) is 0 Å². The molecule has 3 unspecified atom stereocenters. The summed E-state index contributed by atoms with van der Waals surface area (Å²) in [6.45, 7) is 2.28. The van der Waals surface area contributed by atoms with Gasteiger partial charge in [-0.2, -0.15) is 0 Å². The predicted molar refractivity (Wildman–Crippen MR) is 89.7 cm³/mol. The lowest BCUT2D eigenvalue weighted by Crippen LogP contribution is -2.43. The van der Waals surface area contributed by atoms with E-state index < -0.39 is 17.7 Å². The number of halogens is 2. The maximum atomic E-state index is 13.3. The van der Waals surface area contributed by atoms with Crippen LogP contribution in [0.1, 0.15) is 24.2 Å². The van der Waals surface area contributed by atoms with Crippen molar-refractivity contribution in [1.82, 2.24) is 5.32 Å². The molecule has 0 radical (unpaired) electrons. The number of ether oxygens (including phenoxy) is 1. The molecular formula is C19H23F2NO2. The van der Waals surface area contributed by atoms with Gasteiger partial charge in [-0.25, -0.2) is 8.78 Å². The van der Waals surface area contributed by atoms with Crippen LogP contribution in [0.2, 0.25) is 0 Å². The lowest BCUT2D eigenvalue weighted by molar-refractivity contribution is 0.108. The third-order valence-corrected chi connectivity index (χ3v) is 3.95. The quantitative estimate of drug-likeness (QED) is 0.778. The van der Waals surface area contributed by atoms with Gasteiger partial charge in [0.25, 0.3) is 0 Å². The molecule has 0 aliphatic rings. The lowest BCUT2D eigenvalue weighted by atomic mass is 10.0. The van der Waals surface area contributed by atoms with Crippen molar-refractivity contribution >= 4 is 0 Å². The molecule has 0 fully saturated rings. The highest BCUT2D eigenvalue weighted by molar-refractivity contribution is 5.21. The van der Waals surface area contributed by atoms with Gasteiger partial charge < -0.3 is 15.2 Å². The van der Waals surface area contributed by atoms with E-state index in [9.17, 15) is 13.9 Å². The molecule has 0 aromatic heterocycles. The van der Waals surface area contributed by atoms with Crippen LogP contribution in [-0.4, -0.2) is 30.9 Å². The van der Waals surface area contributed by atoms with Crippen LogP contribution in [0.4, 0.5) is 8.78 Å². The molecule has 0 aliphatic carbocycles. The zero-order chi connectivity index (χ0) is 17.5. The monoisotopic (exact) mass is 335 g/mol. The summed E-state index contributed by atoms with van der Waals surface area (Å²) in [6, 6.07) is 13.0. The highest BCUT2D eigenvalue weighted by atomic mass is 19.2. The normalized spacial score (nSPS) is 15.0. The van der Waals surface area contributed by atoms with Gasteiger partial charge in [0.15, 0.2) is 11.6 Å². The van der Waals surface area contributed by atoms with Gasteiger partial charge in [0, 0.05) is 19.2 Å². The number of benzene rings is 2. The van der Waals surface area contributed by atoms with Gasteiger partial charge in [-0.1, -0.05) is 36.4 Å². The summed E-state index contributed by atoms with van der Waals surface area (Å²) in [5, 5.41) is 13.7. The average Bonchev–Trinajstić information content (AvgIpc) is 2.57. The maximum Gasteiger partial charge on any atom is 0.159 e. The molecule has 2 N–H and O–H groups in total. The molecule has 2 aromatic rings.